The van der Waals surface area contributed by atoms with Crippen LogP contribution >= 0.6 is 0 Å². The van der Waals surface area contributed by atoms with Crippen molar-refractivity contribution >= 4 is 34.6 Å². The highest BCUT2D eigenvalue weighted by Crippen LogP contribution is 2.36. The number of para-hydroxylation sites is 1. The molecule has 0 spiro atoms. The van der Waals surface area contributed by atoms with E-state index in [0.717, 1.165) is 50.3 Å². The number of ether oxygens (including phenoxy) is 1. The van der Waals surface area contributed by atoms with E-state index < -0.39 is 29.4 Å². The maximum absolute atomic E-state index is 14.3. The van der Waals surface area contributed by atoms with Gasteiger partial charge in [-0.3, -0.25) is 14.1 Å². The third kappa shape index (κ3) is 6.99. The van der Waals surface area contributed by atoms with Crippen LogP contribution in [-0.2, 0) is 0 Å². The monoisotopic (exact) mass is 718 g/mol. The highest BCUT2D eigenvalue weighted by atomic mass is 19.1. The lowest BCUT2D eigenvalue weighted by atomic mass is 10.0. The summed E-state index contributed by atoms with van der Waals surface area (Å²) in [5, 5.41) is 5.67. The molecule has 270 valence electrons. The van der Waals surface area contributed by atoms with Gasteiger partial charge in [-0.2, -0.15) is 0 Å². The quantitative estimate of drug-likeness (QED) is 0.157. The van der Waals surface area contributed by atoms with Gasteiger partial charge in [0.05, 0.1) is 29.9 Å². The zero-order chi connectivity index (χ0) is 36.5. The minimum Gasteiger partial charge on any atom is -0.494 e. The number of pyridine rings is 1. The van der Waals surface area contributed by atoms with Gasteiger partial charge >= 0.3 is 0 Å². The second kappa shape index (κ2) is 14.6. The number of amides is 1. The van der Waals surface area contributed by atoms with Gasteiger partial charge in [0.25, 0.3) is 5.91 Å². The Kier molecular flexibility index (Phi) is 9.40. The molecule has 2 saturated heterocycles. The summed E-state index contributed by atoms with van der Waals surface area (Å²) in [6.07, 6.45) is 5.44. The predicted molar refractivity (Wildman–Crippen MR) is 199 cm³/mol. The average molecular weight is 719 g/mol. The van der Waals surface area contributed by atoms with E-state index in [1.165, 1.54) is 6.07 Å². The van der Waals surface area contributed by atoms with Crippen LogP contribution in [0.5, 0.6) is 5.75 Å². The Bertz CT molecular complexity index is 2270. The van der Waals surface area contributed by atoms with Crippen molar-refractivity contribution in [2.24, 2.45) is 0 Å². The number of nitrogens with one attached hydrogen (secondary N) is 2. The topological polar surface area (TPSA) is 99.9 Å². The molecular weight excluding hydrogens is 681 g/mol. The lowest BCUT2D eigenvalue weighted by Gasteiger charge is -2.38. The largest absolute Gasteiger partial charge is 0.494 e. The van der Waals surface area contributed by atoms with E-state index in [1.54, 1.807) is 37.6 Å². The van der Waals surface area contributed by atoms with Crippen LogP contribution in [0.3, 0.4) is 0 Å². The van der Waals surface area contributed by atoms with Crippen molar-refractivity contribution in [2.75, 3.05) is 48.8 Å². The summed E-state index contributed by atoms with van der Waals surface area (Å²) < 4.78 is 50.1. The number of hydrogen-bond donors (Lipinski definition) is 2. The molecule has 6 aromatic rings. The lowest BCUT2D eigenvalue weighted by molar-refractivity contribution is 0.102. The first kappa shape index (κ1) is 34.2. The van der Waals surface area contributed by atoms with Gasteiger partial charge in [-0.05, 0) is 73.9 Å². The predicted octanol–water partition coefficient (Wildman–Crippen LogP) is 7.75. The summed E-state index contributed by atoms with van der Waals surface area (Å²) >= 11 is 0. The van der Waals surface area contributed by atoms with Gasteiger partial charge in [-0.1, -0.05) is 24.3 Å². The Morgan fingerprint density at radius 2 is 1.70 bits per heavy atom. The molecule has 3 aromatic heterocycles. The van der Waals surface area contributed by atoms with E-state index >= 15 is 0 Å². The summed E-state index contributed by atoms with van der Waals surface area (Å²) in [7, 11) is 1.63. The van der Waals surface area contributed by atoms with Crippen LogP contribution < -0.4 is 20.3 Å². The van der Waals surface area contributed by atoms with Gasteiger partial charge in [0.15, 0.2) is 0 Å². The van der Waals surface area contributed by atoms with Crippen molar-refractivity contribution in [2.45, 2.75) is 31.5 Å². The van der Waals surface area contributed by atoms with E-state index in [0.29, 0.717) is 64.7 Å². The zero-order valence-corrected chi connectivity index (χ0v) is 29.0. The van der Waals surface area contributed by atoms with Crippen molar-refractivity contribution in [3.8, 4) is 28.4 Å². The lowest BCUT2D eigenvalue weighted by Crippen LogP contribution is -2.44. The molecule has 1 amide bonds. The van der Waals surface area contributed by atoms with Gasteiger partial charge in [0.1, 0.15) is 34.9 Å². The number of likely N-dealkylation sites (tertiary alicyclic amines) is 1. The summed E-state index contributed by atoms with van der Waals surface area (Å²) in [5.74, 6) is -1.43. The SMILES string of the molecule is COc1cc(N2CCC(N3CCC(F)C3)CC2)ccc1Nc1nccc(-c2c(-c3cccc(C(=O)Nc4c(F)cccc4F)c3)nc3ccccn23)n1. The number of anilines is 4. The molecule has 3 aromatic carbocycles. The van der Waals surface area contributed by atoms with Gasteiger partial charge in [0.2, 0.25) is 5.95 Å². The Balaban J connectivity index is 1.05. The van der Waals surface area contributed by atoms with Crippen LogP contribution in [0.15, 0.2) is 97.3 Å². The van der Waals surface area contributed by atoms with Crippen molar-refractivity contribution in [3.05, 3.63) is 115 Å². The molecule has 8 rings (SSSR count). The minimum atomic E-state index is -0.869. The fourth-order valence-electron chi connectivity index (χ4n) is 7.27. The smallest absolute Gasteiger partial charge is 0.255 e. The first-order valence-corrected chi connectivity index (χ1v) is 17.6. The van der Waals surface area contributed by atoms with E-state index in [2.05, 4.69) is 31.5 Å². The number of aromatic nitrogens is 4. The third-order valence-corrected chi connectivity index (χ3v) is 9.97. The second-order valence-corrected chi connectivity index (χ2v) is 13.2. The Morgan fingerprint density at radius 3 is 2.47 bits per heavy atom. The molecule has 2 N–H and O–H groups in total. The number of nitrogens with zero attached hydrogens (tertiary/aromatic N) is 6. The Morgan fingerprint density at radius 1 is 0.887 bits per heavy atom. The number of piperidine rings is 1. The minimum absolute atomic E-state index is 0.194. The summed E-state index contributed by atoms with van der Waals surface area (Å²) in [6.45, 7) is 3.17. The number of benzene rings is 3. The van der Waals surface area contributed by atoms with Gasteiger partial charge in [0, 0.05) is 67.5 Å². The number of rotatable bonds is 9. The van der Waals surface area contributed by atoms with Crippen LogP contribution in [0.2, 0.25) is 0 Å². The maximum atomic E-state index is 14.3. The summed E-state index contributed by atoms with van der Waals surface area (Å²) in [4.78, 5) is 32.1. The van der Waals surface area contributed by atoms with E-state index in [4.69, 9.17) is 14.7 Å². The molecule has 0 aliphatic carbocycles. The van der Waals surface area contributed by atoms with Gasteiger partial charge in [-0.15, -0.1) is 0 Å². The number of fused-ring (bicyclic) bond motifs is 1. The Labute approximate surface area is 304 Å². The van der Waals surface area contributed by atoms with Gasteiger partial charge < -0.3 is 20.3 Å². The van der Waals surface area contributed by atoms with Crippen molar-refractivity contribution in [1.29, 1.82) is 0 Å². The standard InChI is InChI=1S/C40H37F3N8O2/c1-53-34-23-29(49-20-15-28(16-21-49)50-19-14-27(41)24-50)11-12-32(34)45-40-44-17-13-33(46-40)38-36(47-35-10-2-3-18-51(35)38)25-6-4-7-26(22-25)39(52)48-37-30(42)8-5-9-31(37)43/h2-13,17-18,22-23,27-28H,14-16,19-21,24H2,1H3,(H,48,52)(H,44,45,46). The fourth-order valence-corrected chi connectivity index (χ4v) is 7.27. The molecule has 10 nitrogen and oxygen atoms in total. The molecule has 0 saturated carbocycles. The maximum Gasteiger partial charge on any atom is 0.255 e. The summed E-state index contributed by atoms with van der Waals surface area (Å²) in [6, 6.07) is 23.9. The van der Waals surface area contributed by atoms with Crippen LogP contribution in [0.4, 0.5) is 36.2 Å². The normalized spacial score (nSPS) is 16.6. The molecule has 53 heavy (non-hydrogen) atoms. The molecule has 0 radical (unpaired) electrons. The Hall–Kier alpha value is -5.95. The molecule has 1 unspecified atom stereocenters. The number of alkyl halides is 1. The number of hydrogen-bond acceptors (Lipinski definition) is 8. The van der Waals surface area contributed by atoms with Crippen molar-refractivity contribution in [1.82, 2.24) is 24.3 Å². The molecule has 5 heterocycles. The van der Waals surface area contributed by atoms with Crippen LogP contribution in [-0.4, -0.2) is 75.7 Å². The number of carbonyl (C=O) groups is 1. The average Bonchev–Trinajstić information content (AvgIpc) is 3.80. The van der Waals surface area contributed by atoms with Gasteiger partial charge in [-0.25, -0.2) is 28.1 Å². The first-order chi connectivity index (χ1) is 25.8. The highest BCUT2D eigenvalue weighted by molar-refractivity contribution is 6.05. The molecule has 13 heteroatoms. The number of methoxy groups -OCH3 is 1. The highest BCUT2D eigenvalue weighted by Gasteiger charge is 2.31. The van der Waals surface area contributed by atoms with Crippen LogP contribution in [0.1, 0.15) is 29.6 Å². The number of carbonyl (C=O) groups excluding carboxylic acids is 1. The fraction of sp³-hybridized carbons (Fsp3) is 0.250. The first-order valence-electron chi connectivity index (χ1n) is 17.6. The van der Waals surface area contributed by atoms with Crippen molar-refractivity contribution < 1.29 is 22.7 Å². The molecular formula is C40H37F3N8O2. The number of halogens is 3. The van der Waals surface area contributed by atoms with Crippen LogP contribution in [0.25, 0.3) is 28.3 Å². The van der Waals surface area contributed by atoms with Crippen molar-refractivity contribution in [3.63, 3.8) is 0 Å². The zero-order valence-electron chi connectivity index (χ0n) is 29.0. The second-order valence-electron chi connectivity index (χ2n) is 13.2. The molecule has 2 aliphatic heterocycles. The molecule has 0 bridgehead atoms. The van der Waals surface area contributed by atoms with Crippen LogP contribution in [0, 0.1) is 11.6 Å². The van der Waals surface area contributed by atoms with E-state index in [9.17, 15) is 18.0 Å². The molecule has 1 atom stereocenters. The van der Waals surface area contributed by atoms with E-state index in [-0.39, 0.29) is 5.56 Å². The number of imidazole rings is 1. The molecule has 2 fully saturated rings. The third-order valence-electron chi connectivity index (χ3n) is 9.97. The summed E-state index contributed by atoms with van der Waals surface area (Å²) in [5.41, 5.74) is 4.45. The molecule has 2 aliphatic rings. The van der Waals surface area contributed by atoms with E-state index in [1.807, 2.05) is 47.0 Å².